The highest BCUT2D eigenvalue weighted by Crippen LogP contribution is 2.26. The molecule has 1 aromatic carbocycles. The molecule has 1 amide bonds. The third-order valence-electron chi connectivity index (χ3n) is 2.37. The van der Waals surface area contributed by atoms with Crippen LogP contribution in [0, 0.1) is 0 Å². The number of carbonyl (C=O) groups is 2. The topological polar surface area (TPSA) is 67.8 Å². The molecule has 94 valence electrons. The molecule has 0 saturated carbocycles. The van der Waals surface area contributed by atoms with Crippen LogP contribution in [0.4, 0.5) is 5.69 Å². The van der Waals surface area contributed by atoms with Crippen molar-refractivity contribution in [2.45, 2.75) is 6.92 Å². The molecule has 1 N–H and O–H groups in total. The summed E-state index contributed by atoms with van der Waals surface area (Å²) in [6.45, 7) is 1.88. The maximum absolute atomic E-state index is 11.7. The first-order valence-corrected chi connectivity index (χ1v) is 6.22. The second-order valence-electron chi connectivity index (χ2n) is 3.61. The Bertz CT molecular complexity index is 540. The van der Waals surface area contributed by atoms with Crippen LogP contribution in [0.1, 0.15) is 12.5 Å². The molecule has 0 spiro atoms. The molecule has 0 fully saturated rings. The molecule has 2 rings (SSSR count). The zero-order valence-corrected chi connectivity index (χ0v) is 11.3. The van der Waals surface area contributed by atoms with Gasteiger partial charge in [0.2, 0.25) is 0 Å². The van der Waals surface area contributed by atoms with Crippen LogP contribution in [0.2, 0.25) is 0 Å². The minimum Gasteiger partial charge on any atom is -0.465 e. The number of anilines is 1. The summed E-state index contributed by atoms with van der Waals surface area (Å²) in [5.41, 5.74) is 1.66. The van der Waals surface area contributed by atoms with Gasteiger partial charge in [-0.15, -0.1) is 0 Å². The van der Waals surface area contributed by atoms with E-state index in [0.29, 0.717) is 17.9 Å². The van der Waals surface area contributed by atoms with Gasteiger partial charge >= 0.3 is 5.97 Å². The van der Waals surface area contributed by atoms with Gasteiger partial charge in [-0.3, -0.25) is 14.6 Å². The van der Waals surface area contributed by atoms with Gasteiger partial charge in [0, 0.05) is 10.0 Å². The van der Waals surface area contributed by atoms with Crippen LogP contribution >= 0.6 is 15.9 Å². The molecular formula is C12H11BrN2O3. The number of halogens is 1. The van der Waals surface area contributed by atoms with E-state index in [1.807, 2.05) is 6.07 Å². The van der Waals surface area contributed by atoms with Crippen molar-refractivity contribution in [3.05, 3.63) is 28.2 Å². The smallest absolute Gasteiger partial charge is 0.327 e. The summed E-state index contributed by atoms with van der Waals surface area (Å²) in [6, 6.07) is 5.40. The van der Waals surface area contributed by atoms with Crippen LogP contribution in [0.3, 0.4) is 0 Å². The van der Waals surface area contributed by atoms with E-state index in [1.54, 1.807) is 19.1 Å². The van der Waals surface area contributed by atoms with E-state index in [2.05, 4.69) is 26.2 Å². The van der Waals surface area contributed by atoms with Crippen molar-refractivity contribution in [2.75, 3.05) is 18.5 Å². The highest BCUT2D eigenvalue weighted by atomic mass is 79.9. The number of esters is 1. The van der Waals surface area contributed by atoms with Crippen molar-refractivity contribution in [3.63, 3.8) is 0 Å². The van der Waals surface area contributed by atoms with E-state index in [9.17, 15) is 9.59 Å². The fraction of sp³-hybridized carbons (Fsp3) is 0.250. The monoisotopic (exact) mass is 310 g/mol. The van der Waals surface area contributed by atoms with Gasteiger partial charge in [-0.05, 0) is 25.1 Å². The molecule has 6 heteroatoms. The molecule has 1 aliphatic rings. The molecule has 1 heterocycles. The first kappa shape index (κ1) is 12.8. The predicted octanol–water partition coefficient (Wildman–Crippen LogP) is 1.75. The number of carbonyl (C=O) groups excluding carboxylic acids is 2. The molecule has 0 aliphatic carbocycles. The van der Waals surface area contributed by atoms with E-state index >= 15 is 0 Å². The summed E-state index contributed by atoms with van der Waals surface area (Å²) in [7, 11) is 0. The Labute approximate surface area is 112 Å². The van der Waals surface area contributed by atoms with Crippen LogP contribution < -0.4 is 5.32 Å². The minimum absolute atomic E-state index is 0.150. The molecule has 0 bridgehead atoms. The zero-order valence-electron chi connectivity index (χ0n) is 9.70. The molecule has 1 aromatic rings. The van der Waals surface area contributed by atoms with Gasteiger partial charge in [0.25, 0.3) is 5.91 Å². The SMILES string of the molecule is CCOC(=O)CN=C1C(=O)Nc2ccc(Br)cc21. The highest BCUT2D eigenvalue weighted by molar-refractivity contribution is 9.10. The maximum atomic E-state index is 11.7. The van der Waals surface area contributed by atoms with Crippen LogP contribution in [0.5, 0.6) is 0 Å². The maximum Gasteiger partial charge on any atom is 0.327 e. The van der Waals surface area contributed by atoms with Crippen molar-refractivity contribution >= 4 is 39.2 Å². The quantitative estimate of drug-likeness (QED) is 0.865. The molecule has 0 unspecified atom stereocenters. The van der Waals surface area contributed by atoms with Crippen molar-refractivity contribution in [1.82, 2.24) is 0 Å². The third kappa shape index (κ3) is 2.59. The Morgan fingerprint density at radius 3 is 3.00 bits per heavy atom. The predicted molar refractivity (Wildman–Crippen MR) is 70.8 cm³/mol. The number of ether oxygens (including phenoxy) is 1. The van der Waals surface area contributed by atoms with Crippen molar-refractivity contribution < 1.29 is 14.3 Å². The minimum atomic E-state index is -0.443. The average Bonchev–Trinajstić information content (AvgIpc) is 2.62. The number of aliphatic imine (C=N–C) groups is 1. The molecule has 0 atom stereocenters. The Kier molecular flexibility index (Phi) is 3.76. The summed E-state index contributed by atoms with van der Waals surface area (Å²) in [5.74, 6) is -0.742. The van der Waals surface area contributed by atoms with Gasteiger partial charge in [-0.1, -0.05) is 15.9 Å². The first-order valence-electron chi connectivity index (χ1n) is 5.43. The molecule has 0 saturated heterocycles. The van der Waals surface area contributed by atoms with Gasteiger partial charge in [0.15, 0.2) is 0 Å². The van der Waals surface area contributed by atoms with Crippen molar-refractivity contribution in [1.29, 1.82) is 0 Å². The molecule has 18 heavy (non-hydrogen) atoms. The van der Waals surface area contributed by atoms with Crippen molar-refractivity contribution in [3.8, 4) is 0 Å². The number of fused-ring (bicyclic) bond motifs is 1. The number of amides is 1. The number of nitrogens with zero attached hydrogens (tertiary/aromatic N) is 1. The fourth-order valence-electron chi connectivity index (χ4n) is 1.63. The van der Waals surface area contributed by atoms with Gasteiger partial charge in [0.05, 0.1) is 12.3 Å². The van der Waals surface area contributed by atoms with E-state index < -0.39 is 5.97 Å². The summed E-state index contributed by atoms with van der Waals surface area (Å²) < 4.78 is 5.61. The van der Waals surface area contributed by atoms with Gasteiger partial charge in [-0.25, -0.2) is 0 Å². The van der Waals surface area contributed by atoms with Gasteiger partial charge in [-0.2, -0.15) is 0 Å². The van der Waals surface area contributed by atoms with Crippen molar-refractivity contribution in [2.24, 2.45) is 4.99 Å². The first-order chi connectivity index (χ1) is 8.61. The molecule has 1 aliphatic heterocycles. The summed E-state index contributed by atoms with van der Waals surface area (Å²) >= 11 is 3.33. The summed E-state index contributed by atoms with van der Waals surface area (Å²) in [6.07, 6.45) is 0. The lowest BCUT2D eigenvalue weighted by Gasteiger charge is -1.99. The average molecular weight is 311 g/mol. The van der Waals surface area contributed by atoms with E-state index in [-0.39, 0.29) is 18.2 Å². The number of rotatable bonds is 3. The van der Waals surface area contributed by atoms with Gasteiger partial charge < -0.3 is 10.1 Å². The Morgan fingerprint density at radius 2 is 2.28 bits per heavy atom. The Morgan fingerprint density at radius 1 is 1.50 bits per heavy atom. The number of hydrogen-bond acceptors (Lipinski definition) is 4. The standard InChI is InChI=1S/C12H11BrN2O3/c1-2-18-10(16)6-14-11-8-5-7(13)3-4-9(8)15-12(11)17/h3-5H,2,6H2,1H3,(H,14,15,17). The Hall–Kier alpha value is -1.69. The summed E-state index contributed by atoms with van der Waals surface area (Å²) in [4.78, 5) is 26.9. The normalized spacial score (nSPS) is 15.4. The van der Waals surface area contributed by atoms with Gasteiger partial charge in [0.1, 0.15) is 12.3 Å². The van der Waals surface area contributed by atoms with Crippen LogP contribution in [-0.4, -0.2) is 30.7 Å². The number of nitrogens with one attached hydrogen (secondary N) is 1. The highest BCUT2D eigenvalue weighted by Gasteiger charge is 2.25. The number of benzene rings is 1. The molecule has 0 radical (unpaired) electrons. The lowest BCUT2D eigenvalue weighted by atomic mass is 10.1. The van der Waals surface area contributed by atoms with E-state index in [1.165, 1.54) is 0 Å². The molecular weight excluding hydrogens is 300 g/mol. The van der Waals surface area contributed by atoms with E-state index in [4.69, 9.17) is 4.74 Å². The van der Waals surface area contributed by atoms with Crippen LogP contribution in [-0.2, 0) is 14.3 Å². The third-order valence-corrected chi connectivity index (χ3v) is 2.86. The largest absolute Gasteiger partial charge is 0.465 e. The molecule has 0 aromatic heterocycles. The van der Waals surface area contributed by atoms with Crippen LogP contribution in [0.15, 0.2) is 27.7 Å². The Balaban J connectivity index is 2.24. The second-order valence-corrected chi connectivity index (χ2v) is 4.53. The number of hydrogen-bond donors (Lipinski definition) is 1. The second kappa shape index (κ2) is 5.30. The van der Waals surface area contributed by atoms with Crippen LogP contribution in [0.25, 0.3) is 0 Å². The molecule has 5 nitrogen and oxygen atoms in total. The zero-order chi connectivity index (χ0) is 13.1. The fourth-order valence-corrected chi connectivity index (χ4v) is 1.99. The lowest BCUT2D eigenvalue weighted by molar-refractivity contribution is -0.141. The summed E-state index contributed by atoms with van der Waals surface area (Å²) in [5, 5.41) is 2.69. The lowest BCUT2D eigenvalue weighted by Crippen LogP contribution is -2.17. The van der Waals surface area contributed by atoms with E-state index in [0.717, 1.165) is 4.47 Å².